The number of ether oxygens (including phenoxy) is 1. The van der Waals surface area contributed by atoms with Gasteiger partial charge < -0.3 is 20.3 Å². The predicted octanol–water partition coefficient (Wildman–Crippen LogP) is 2.53. The van der Waals surface area contributed by atoms with E-state index in [0.717, 1.165) is 44.5 Å². The summed E-state index contributed by atoms with van der Waals surface area (Å²) in [5, 5.41) is 7.05. The summed E-state index contributed by atoms with van der Waals surface area (Å²) < 4.78 is 6.11. The van der Waals surface area contributed by atoms with Crippen LogP contribution < -0.4 is 20.3 Å². The fraction of sp³-hybridized carbons (Fsp3) is 0.667. The van der Waals surface area contributed by atoms with Crippen molar-refractivity contribution in [3.05, 3.63) is 23.8 Å². The molecule has 122 valence electrons. The lowest BCUT2D eigenvalue weighted by Crippen LogP contribution is -2.28. The van der Waals surface area contributed by atoms with E-state index in [2.05, 4.69) is 47.6 Å². The first-order valence-electron chi connectivity index (χ1n) is 8.71. The van der Waals surface area contributed by atoms with E-state index in [1.807, 2.05) is 0 Å². The minimum Gasteiger partial charge on any atom is -0.489 e. The molecule has 1 saturated heterocycles. The first kappa shape index (κ1) is 15.6. The average Bonchev–Trinajstić information content (AvgIpc) is 3.32. The molecule has 0 amide bonds. The van der Waals surface area contributed by atoms with E-state index in [-0.39, 0.29) is 6.10 Å². The number of nitrogens with one attached hydrogen (secondary N) is 2. The van der Waals surface area contributed by atoms with Gasteiger partial charge in [-0.2, -0.15) is 0 Å². The van der Waals surface area contributed by atoms with Crippen LogP contribution in [0.1, 0.15) is 38.7 Å². The predicted molar refractivity (Wildman–Crippen MR) is 91.8 cm³/mol. The number of benzene rings is 1. The molecule has 0 aromatic heterocycles. The van der Waals surface area contributed by atoms with Gasteiger partial charge in [0.2, 0.25) is 0 Å². The van der Waals surface area contributed by atoms with Crippen molar-refractivity contribution < 1.29 is 4.74 Å². The monoisotopic (exact) mass is 303 g/mol. The van der Waals surface area contributed by atoms with Crippen LogP contribution in [0.4, 0.5) is 5.69 Å². The second-order valence-electron chi connectivity index (χ2n) is 6.71. The normalized spacial score (nSPS) is 19.3. The van der Waals surface area contributed by atoms with Crippen molar-refractivity contribution in [2.24, 2.45) is 0 Å². The summed E-state index contributed by atoms with van der Waals surface area (Å²) in [6.07, 6.45) is 4.05. The van der Waals surface area contributed by atoms with Gasteiger partial charge in [0.15, 0.2) is 0 Å². The summed E-state index contributed by atoms with van der Waals surface area (Å²) in [7, 11) is 0. The SMILES string of the molecule is CC(C)Oc1cc(CNC2CC2)ccc1N1CCCNCC1. The third kappa shape index (κ3) is 4.37. The first-order valence-corrected chi connectivity index (χ1v) is 8.71. The van der Waals surface area contributed by atoms with Gasteiger partial charge in [0, 0.05) is 32.2 Å². The van der Waals surface area contributed by atoms with Crippen LogP contribution in [0.3, 0.4) is 0 Å². The van der Waals surface area contributed by atoms with Gasteiger partial charge in [-0.1, -0.05) is 6.07 Å². The lowest BCUT2D eigenvalue weighted by molar-refractivity contribution is 0.242. The third-order valence-corrected chi connectivity index (χ3v) is 4.24. The van der Waals surface area contributed by atoms with Crippen LogP contribution in [0, 0.1) is 0 Å². The fourth-order valence-corrected chi connectivity index (χ4v) is 2.91. The average molecular weight is 303 g/mol. The zero-order valence-electron chi connectivity index (χ0n) is 13.9. The van der Waals surface area contributed by atoms with Crippen LogP contribution >= 0.6 is 0 Å². The van der Waals surface area contributed by atoms with E-state index < -0.39 is 0 Å². The van der Waals surface area contributed by atoms with E-state index in [9.17, 15) is 0 Å². The van der Waals surface area contributed by atoms with Crippen molar-refractivity contribution in [2.75, 3.05) is 31.1 Å². The van der Waals surface area contributed by atoms with Crippen molar-refractivity contribution in [1.29, 1.82) is 0 Å². The minimum atomic E-state index is 0.204. The molecule has 0 spiro atoms. The topological polar surface area (TPSA) is 36.5 Å². The highest BCUT2D eigenvalue weighted by Gasteiger charge is 2.21. The Hall–Kier alpha value is -1.26. The maximum Gasteiger partial charge on any atom is 0.143 e. The molecule has 2 N–H and O–H groups in total. The van der Waals surface area contributed by atoms with Gasteiger partial charge in [0.1, 0.15) is 5.75 Å². The van der Waals surface area contributed by atoms with E-state index >= 15 is 0 Å². The molecule has 2 fully saturated rings. The number of hydrogen-bond acceptors (Lipinski definition) is 4. The molecule has 0 atom stereocenters. The molecule has 1 aliphatic heterocycles. The molecule has 4 heteroatoms. The summed E-state index contributed by atoms with van der Waals surface area (Å²) in [6.45, 7) is 9.45. The maximum atomic E-state index is 6.11. The van der Waals surface area contributed by atoms with Gasteiger partial charge in [-0.3, -0.25) is 0 Å². The molecule has 0 unspecified atom stereocenters. The Kier molecular flexibility index (Phi) is 5.21. The zero-order valence-corrected chi connectivity index (χ0v) is 13.9. The van der Waals surface area contributed by atoms with Gasteiger partial charge in [-0.15, -0.1) is 0 Å². The molecule has 0 bridgehead atoms. The summed E-state index contributed by atoms with van der Waals surface area (Å²) in [6, 6.07) is 7.46. The van der Waals surface area contributed by atoms with E-state index in [1.54, 1.807) is 0 Å². The van der Waals surface area contributed by atoms with Crippen LogP contribution in [0.25, 0.3) is 0 Å². The molecule has 22 heavy (non-hydrogen) atoms. The van der Waals surface area contributed by atoms with Gasteiger partial charge in [0.25, 0.3) is 0 Å². The lowest BCUT2D eigenvalue weighted by atomic mass is 10.1. The molecule has 1 aromatic carbocycles. The van der Waals surface area contributed by atoms with E-state index in [1.165, 1.54) is 30.5 Å². The van der Waals surface area contributed by atoms with Gasteiger partial charge in [-0.25, -0.2) is 0 Å². The number of anilines is 1. The Morgan fingerprint density at radius 1 is 1.27 bits per heavy atom. The maximum absolute atomic E-state index is 6.11. The molecule has 1 aromatic rings. The number of hydrogen-bond donors (Lipinski definition) is 2. The van der Waals surface area contributed by atoms with Crippen LogP contribution in [0.5, 0.6) is 5.75 Å². The van der Waals surface area contributed by atoms with E-state index in [4.69, 9.17) is 4.74 Å². The summed E-state index contributed by atoms with van der Waals surface area (Å²) >= 11 is 0. The summed E-state index contributed by atoms with van der Waals surface area (Å²) in [5.74, 6) is 1.03. The van der Waals surface area contributed by atoms with Crippen molar-refractivity contribution in [2.45, 2.75) is 51.8 Å². The summed E-state index contributed by atoms with van der Waals surface area (Å²) in [5.41, 5.74) is 2.56. The van der Waals surface area contributed by atoms with Crippen molar-refractivity contribution in [1.82, 2.24) is 10.6 Å². The Morgan fingerprint density at radius 3 is 2.91 bits per heavy atom. The van der Waals surface area contributed by atoms with Gasteiger partial charge in [0.05, 0.1) is 11.8 Å². The first-order chi connectivity index (χ1) is 10.7. The number of rotatable bonds is 6. The van der Waals surface area contributed by atoms with Gasteiger partial charge in [-0.05, 0) is 57.4 Å². The quantitative estimate of drug-likeness (QED) is 0.847. The Morgan fingerprint density at radius 2 is 2.14 bits per heavy atom. The minimum absolute atomic E-state index is 0.204. The molecular weight excluding hydrogens is 274 g/mol. The molecule has 1 heterocycles. The highest BCUT2D eigenvalue weighted by atomic mass is 16.5. The molecule has 1 aliphatic carbocycles. The Bertz CT molecular complexity index is 477. The third-order valence-electron chi connectivity index (χ3n) is 4.24. The Balaban J connectivity index is 1.76. The molecule has 1 saturated carbocycles. The van der Waals surface area contributed by atoms with Crippen molar-refractivity contribution in [3.63, 3.8) is 0 Å². The van der Waals surface area contributed by atoms with Crippen LogP contribution in [0.2, 0.25) is 0 Å². The molecule has 2 aliphatic rings. The second-order valence-corrected chi connectivity index (χ2v) is 6.71. The zero-order chi connectivity index (χ0) is 15.4. The largest absolute Gasteiger partial charge is 0.489 e. The van der Waals surface area contributed by atoms with Crippen molar-refractivity contribution >= 4 is 5.69 Å². The highest BCUT2D eigenvalue weighted by molar-refractivity contribution is 5.60. The fourth-order valence-electron chi connectivity index (χ4n) is 2.91. The van der Waals surface area contributed by atoms with Crippen molar-refractivity contribution in [3.8, 4) is 5.75 Å². The highest BCUT2D eigenvalue weighted by Crippen LogP contribution is 2.31. The molecular formula is C18H29N3O. The van der Waals surface area contributed by atoms with Crippen LogP contribution in [-0.4, -0.2) is 38.3 Å². The smallest absolute Gasteiger partial charge is 0.143 e. The molecule has 3 rings (SSSR count). The van der Waals surface area contributed by atoms with E-state index in [0.29, 0.717) is 0 Å². The Labute approximate surface area is 134 Å². The number of nitrogens with zero attached hydrogens (tertiary/aromatic N) is 1. The lowest BCUT2D eigenvalue weighted by Gasteiger charge is -2.26. The molecule has 0 radical (unpaired) electrons. The standard InChI is InChI=1S/C18H29N3O/c1-14(2)22-18-12-15(13-20-16-5-6-16)4-7-17(18)21-10-3-8-19-9-11-21/h4,7,12,14,16,19-20H,3,5-6,8-11,13H2,1-2H3. The van der Waals surface area contributed by atoms with Crippen LogP contribution in [0.15, 0.2) is 18.2 Å². The van der Waals surface area contributed by atoms with Gasteiger partial charge >= 0.3 is 0 Å². The second kappa shape index (κ2) is 7.34. The molecule has 4 nitrogen and oxygen atoms in total. The summed E-state index contributed by atoms with van der Waals surface area (Å²) in [4.78, 5) is 2.45. The van der Waals surface area contributed by atoms with Crippen LogP contribution in [-0.2, 0) is 6.54 Å².